The second-order valence-electron chi connectivity index (χ2n) is 7.57. The molecule has 1 unspecified atom stereocenters. The van der Waals surface area contributed by atoms with Gasteiger partial charge >= 0.3 is 0 Å². The summed E-state index contributed by atoms with van der Waals surface area (Å²) in [5, 5.41) is 0. The summed E-state index contributed by atoms with van der Waals surface area (Å²) in [7, 11) is 0. The van der Waals surface area contributed by atoms with E-state index in [4.69, 9.17) is 0 Å². The second kappa shape index (κ2) is 7.49. The molecule has 0 aromatic carbocycles. The first-order valence-electron chi connectivity index (χ1n) is 9.40. The van der Waals surface area contributed by atoms with E-state index in [1.165, 1.54) is 6.42 Å². The molecule has 1 aromatic rings. The standard InChI is InChI=1S/C19H30N4O/c1-14(2)23-9-5-4-6-17(19(23)24)16-7-10-22(11-8-16)18-12-15(3)20-13-21-18/h12-14,16-17H,4-11H2,1-3H3. The van der Waals surface area contributed by atoms with E-state index < -0.39 is 0 Å². The number of aromatic nitrogens is 2. The maximum Gasteiger partial charge on any atom is 0.226 e. The zero-order valence-corrected chi connectivity index (χ0v) is 15.2. The van der Waals surface area contributed by atoms with Gasteiger partial charge in [0.1, 0.15) is 12.1 Å². The highest BCUT2D eigenvalue weighted by Gasteiger charge is 2.35. The minimum absolute atomic E-state index is 0.226. The molecule has 2 fully saturated rings. The van der Waals surface area contributed by atoms with Crippen LogP contribution in [-0.4, -0.2) is 46.5 Å². The smallest absolute Gasteiger partial charge is 0.226 e. The molecule has 1 aromatic heterocycles. The molecule has 0 spiro atoms. The van der Waals surface area contributed by atoms with Gasteiger partial charge < -0.3 is 9.80 Å². The second-order valence-corrected chi connectivity index (χ2v) is 7.57. The largest absolute Gasteiger partial charge is 0.356 e. The van der Waals surface area contributed by atoms with Crippen molar-refractivity contribution >= 4 is 11.7 Å². The third-order valence-corrected chi connectivity index (χ3v) is 5.61. The van der Waals surface area contributed by atoms with E-state index in [9.17, 15) is 4.79 Å². The molecule has 2 saturated heterocycles. The number of piperidine rings is 1. The van der Waals surface area contributed by atoms with Crippen LogP contribution in [0.15, 0.2) is 12.4 Å². The SMILES string of the molecule is Cc1cc(N2CCC(C3CCCCN(C(C)C)C3=O)CC2)ncn1. The fourth-order valence-corrected chi connectivity index (χ4v) is 4.19. The zero-order valence-electron chi connectivity index (χ0n) is 15.2. The van der Waals surface area contributed by atoms with Gasteiger partial charge in [0.15, 0.2) is 0 Å². The Morgan fingerprint density at radius 2 is 1.83 bits per heavy atom. The Labute approximate surface area is 145 Å². The van der Waals surface area contributed by atoms with Gasteiger partial charge in [-0.2, -0.15) is 0 Å². The van der Waals surface area contributed by atoms with Crippen molar-refractivity contribution in [2.24, 2.45) is 11.8 Å². The van der Waals surface area contributed by atoms with Gasteiger partial charge in [0.25, 0.3) is 0 Å². The molecule has 2 aliphatic rings. The lowest BCUT2D eigenvalue weighted by atomic mass is 9.81. The Morgan fingerprint density at radius 3 is 2.50 bits per heavy atom. The topological polar surface area (TPSA) is 49.3 Å². The molecule has 5 nitrogen and oxygen atoms in total. The summed E-state index contributed by atoms with van der Waals surface area (Å²) in [6.07, 6.45) is 7.23. The van der Waals surface area contributed by atoms with Crippen LogP contribution in [0, 0.1) is 18.8 Å². The van der Waals surface area contributed by atoms with E-state index in [-0.39, 0.29) is 5.92 Å². The van der Waals surface area contributed by atoms with Crippen molar-refractivity contribution in [3.05, 3.63) is 18.1 Å². The molecule has 2 aliphatic heterocycles. The molecule has 1 atom stereocenters. The monoisotopic (exact) mass is 330 g/mol. The summed E-state index contributed by atoms with van der Waals surface area (Å²) < 4.78 is 0. The lowest BCUT2D eigenvalue weighted by molar-refractivity contribution is -0.138. The Hall–Kier alpha value is -1.65. The molecular formula is C19H30N4O. The molecule has 0 saturated carbocycles. The lowest BCUT2D eigenvalue weighted by Crippen LogP contribution is -2.44. The number of hydrogen-bond acceptors (Lipinski definition) is 4. The first-order valence-corrected chi connectivity index (χ1v) is 9.40. The molecule has 5 heteroatoms. The third-order valence-electron chi connectivity index (χ3n) is 5.61. The quantitative estimate of drug-likeness (QED) is 0.855. The number of anilines is 1. The van der Waals surface area contributed by atoms with E-state index >= 15 is 0 Å². The van der Waals surface area contributed by atoms with Gasteiger partial charge in [-0.1, -0.05) is 6.42 Å². The van der Waals surface area contributed by atoms with E-state index in [0.29, 0.717) is 17.9 Å². The summed E-state index contributed by atoms with van der Waals surface area (Å²) >= 11 is 0. The maximum atomic E-state index is 13.0. The average Bonchev–Trinajstić information content (AvgIpc) is 2.77. The molecule has 3 rings (SSSR count). The van der Waals surface area contributed by atoms with Crippen molar-refractivity contribution in [1.29, 1.82) is 0 Å². The van der Waals surface area contributed by atoms with Crippen molar-refractivity contribution in [3.8, 4) is 0 Å². The molecular weight excluding hydrogens is 300 g/mol. The van der Waals surface area contributed by atoms with Gasteiger partial charge in [-0.15, -0.1) is 0 Å². The lowest BCUT2D eigenvalue weighted by Gasteiger charge is -2.37. The Balaban J connectivity index is 1.64. The summed E-state index contributed by atoms with van der Waals surface area (Å²) in [6, 6.07) is 2.37. The van der Waals surface area contributed by atoms with Crippen LogP contribution < -0.4 is 4.90 Å². The highest BCUT2D eigenvalue weighted by atomic mass is 16.2. The van der Waals surface area contributed by atoms with Gasteiger partial charge in [0.05, 0.1) is 0 Å². The molecule has 0 radical (unpaired) electrons. The number of carbonyl (C=O) groups excluding carboxylic acids is 1. The van der Waals surface area contributed by atoms with Crippen LogP contribution in [0.4, 0.5) is 5.82 Å². The van der Waals surface area contributed by atoms with Gasteiger partial charge in [0, 0.05) is 43.4 Å². The highest BCUT2D eigenvalue weighted by Crippen LogP contribution is 2.33. The van der Waals surface area contributed by atoms with Crippen molar-refractivity contribution in [3.63, 3.8) is 0 Å². The van der Waals surface area contributed by atoms with Crippen LogP contribution in [0.25, 0.3) is 0 Å². The minimum atomic E-state index is 0.226. The van der Waals surface area contributed by atoms with Crippen LogP contribution in [0.1, 0.15) is 51.6 Å². The Kier molecular flexibility index (Phi) is 5.36. The van der Waals surface area contributed by atoms with Gasteiger partial charge in [0.2, 0.25) is 5.91 Å². The fourth-order valence-electron chi connectivity index (χ4n) is 4.19. The van der Waals surface area contributed by atoms with Crippen molar-refractivity contribution in [2.75, 3.05) is 24.5 Å². The van der Waals surface area contributed by atoms with Crippen LogP contribution in [-0.2, 0) is 4.79 Å². The zero-order chi connectivity index (χ0) is 17.1. The molecule has 24 heavy (non-hydrogen) atoms. The fraction of sp³-hybridized carbons (Fsp3) is 0.737. The number of nitrogens with zero attached hydrogens (tertiary/aromatic N) is 4. The van der Waals surface area contributed by atoms with Crippen molar-refractivity contribution in [1.82, 2.24) is 14.9 Å². The first-order chi connectivity index (χ1) is 11.6. The summed E-state index contributed by atoms with van der Waals surface area (Å²) in [5.74, 6) is 2.18. The summed E-state index contributed by atoms with van der Waals surface area (Å²) in [4.78, 5) is 26.0. The predicted octanol–water partition coefficient (Wildman–Crippen LogP) is 3.04. The predicted molar refractivity (Wildman–Crippen MR) is 95.9 cm³/mol. The third kappa shape index (κ3) is 3.70. The van der Waals surface area contributed by atoms with Crippen molar-refractivity contribution < 1.29 is 4.79 Å². The highest BCUT2D eigenvalue weighted by molar-refractivity contribution is 5.79. The van der Waals surface area contributed by atoms with Crippen LogP contribution in [0.5, 0.6) is 0 Å². The average molecular weight is 330 g/mol. The van der Waals surface area contributed by atoms with E-state index in [1.54, 1.807) is 6.33 Å². The molecule has 3 heterocycles. The maximum absolute atomic E-state index is 13.0. The van der Waals surface area contributed by atoms with Crippen LogP contribution in [0.2, 0.25) is 0 Å². The number of likely N-dealkylation sites (tertiary alicyclic amines) is 1. The number of carbonyl (C=O) groups is 1. The van der Waals surface area contributed by atoms with Gasteiger partial charge in [-0.25, -0.2) is 9.97 Å². The van der Waals surface area contributed by atoms with E-state index in [2.05, 4.69) is 39.7 Å². The number of hydrogen-bond donors (Lipinski definition) is 0. The Morgan fingerprint density at radius 1 is 1.08 bits per heavy atom. The van der Waals surface area contributed by atoms with Gasteiger partial charge in [-0.05, 0) is 52.4 Å². The van der Waals surface area contributed by atoms with Crippen LogP contribution >= 0.6 is 0 Å². The molecule has 0 aliphatic carbocycles. The normalized spacial score (nSPS) is 23.7. The number of aryl methyl sites for hydroxylation is 1. The summed E-state index contributed by atoms with van der Waals surface area (Å²) in [6.45, 7) is 9.20. The van der Waals surface area contributed by atoms with Gasteiger partial charge in [-0.3, -0.25) is 4.79 Å². The molecule has 0 bridgehead atoms. The first kappa shape index (κ1) is 17.2. The van der Waals surface area contributed by atoms with E-state index in [0.717, 1.165) is 56.8 Å². The molecule has 0 N–H and O–H groups in total. The minimum Gasteiger partial charge on any atom is -0.356 e. The number of amides is 1. The Bertz CT molecular complexity index is 566. The van der Waals surface area contributed by atoms with Crippen LogP contribution in [0.3, 0.4) is 0 Å². The number of rotatable bonds is 3. The summed E-state index contributed by atoms with van der Waals surface area (Å²) in [5.41, 5.74) is 1.01. The molecule has 132 valence electrons. The molecule has 1 amide bonds. The van der Waals surface area contributed by atoms with Crippen molar-refractivity contribution in [2.45, 2.75) is 58.9 Å². The van der Waals surface area contributed by atoms with E-state index in [1.807, 2.05) is 6.92 Å².